The predicted molar refractivity (Wildman–Crippen MR) is 189 cm³/mol. The summed E-state index contributed by atoms with van der Waals surface area (Å²) in [6.45, 7) is 5.30. The standard InChI is InChI=1S/C31H36Br2F2N4O4S3/c1-3-5-6-7-8-9-10-13-37-31(41)43-15-12-19-17-21(45-29(19)33)23-25(35)24(34)22(26-27(23)39-46-38-26)20-16-18(28(32)44-20)11-14-42-30(40)36-4-2/h16-17H,3-15H2,1-2H3,(H,36,40)(H,37,41). The third kappa shape index (κ3) is 9.68. The van der Waals surface area contributed by atoms with Crippen LogP contribution in [0.2, 0.25) is 0 Å². The number of halogens is 4. The first-order valence-electron chi connectivity index (χ1n) is 15.3. The molecular formula is C31H36Br2F2N4O4S3. The Labute approximate surface area is 296 Å². The van der Waals surface area contributed by atoms with Crippen LogP contribution < -0.4 is 10.6 Å². The lowest BCUT2D eigenvalue weighted by molar-refractivity contribution is 0.146. The maximum Gasteiger partial charge on any atom is 0.407 e. The van der Waals surface area contributed by atoms with Crippen LogP contribution in [0.1, 0.15) is 69.9 Å². The Morgan fingerprint density at radius 2 is 1.24 bits per heavy atom. The minimum Gasteiger partial charge on any atom is -0.449 e. The number of fused-ring (bicyclic) bond motifs is 1. The van der Waals surface area contributed by atoms with Crippen LogP contribution in [-0.4, -0.2) is 47.2 Å². The molecule has 4 aromatic rings. The van der Waals surface area contributed by atoms with Gasteiger partial charge in [0.1, 0.15) is 11.0 Å². The second kappa shape index (κ2) is 18.4. The first kappa shape index (κ1) is 36.6. The Bertz CT molecular complexity index is 1630. The molecule has 3 aromatic heterocycles. The molecule has 0 unspecified atom stereocenters. The first-order chi connectivity index (χ1) is 22.2. The second-order valence-corrected chi connectivity index (χ2v) is 15.8. The molecule has 3 heterocycles. The van der Waals surface area contributed by atoms with Crippen LogP contribution >= 0.6 is 66.3 Å². The van der Waals surface area contributed by atoms with Crippen molar-refractivity contribution in [3.8, 4) is 20.9 Å². The van der Waals surface area contributed by atoms with Crippen molar-refractivity contribution in [2.75, 3.05) is 26.3 Å². The number of alkyl carbamates (subject to hydrolysis) is 2. The number of carbonyl (C=O) groups excluding carboxylic acids is 2. The van der Waals surface area contributed by atoms with Gasteiger partial charge >= 0.3 is 12.2 Å². The number of ether oxygens (including phenoxy) is 2. The van der Waals surface area contributed by atoms with Crippen LogP contribution in [0.4, 0.5) is 18.4 Å². The number of rotatable bonds is 17. The van der Waals surface area contributed by atoms with Crippen molar-refractivity contribution in [3.63, 3.8) is 0 Å². The number of unbranched alkanes of at least 4 members (excludes halogenated alkanes) is 6. The van der Waals surface area contributed by atoms with Crippen LogP contribution in [0.25, 0.3) is 31.9 Å². The van der Waals surface area contributed by atoms with Gasteiger partial charge in [-0.1, -0.05) is 45.4 Å². The number of carbonyl (C=O) groups is 2. The molecule has 0 spiro atoms. The van der Waals surface area contributed by atoms with Gasteiger partial charge in [0.15, 0.2) is 11.6 Å². The Balaban J connectivity index is 1.41. The molecule has 0 saturated carbocycles. The lowest BCUT2D eigenvalue weighted by Crippen LogP contribution is -2.26. The van der Waals surface area contributed by atoms with Gasteiger partial charge < -0.3 is 20.1 Å². The highest BCUT2D eigenvalue weighted by Gasteiger charge is 2.28. The van der Waals surface area contributed by atoms with Crippen LogP contribution in [0.15, 0.2) is 19.7 Å². The molecule has 250 valence electrons. The molecule has 0 aliphatic heterocycles. The molecule has 0 aliphatic rings. The number of amides is 2. The fourth-order valence-electron chi connectivity index (χ4n) is 4.82. The lowest BCUT2D eigenvalue weighted by Gasteiger charge is -2.08. The summed E-state index contributed by atoms with van der Waals surface area (Å²) in [4.78, 5) is 24.7. The van der Waals surface area contributed by atoms with E-state index in [0.29, 0.717) is 35.7 Å². The maximum atomic E-state index is 15.9. The van der Waals surface area contributed by atoms with Crippen molar-refractivity contribution in [1.82, 2.24) is 19.4 Å². The summed E-state index contributed by atoms with van der Waals surface area (Å²) < 4.78 is 52.4. The highest BCUT2D eigenvalue weighted by atomic mass is 79.9. The Morgan fingerprint density at radius 3 is 1.74 bits per heavy atom. The summed E-state index contributed by atoms with van der Waals surface area (Å²) in [6.07, 6.45) is 7.98. The highest BCUT2D eigenvalue weighted by molar-refractivity contribution is 9.11. The van der Waals surface area contributed by atoms with E-state index in [4.69, 9.17) is 9.47 Å². The van der Waals surface area contributed by atoms with E-state index < -0.39 is 23.8 Å². The van der Waals surface area contributed by atoms with E-state index >= 15 is 8.78 Å². The SMILES string of the molecule is CCCCCCCCCNC(=O)OCCc1cc(-c2c(F)c(F)c(-c3cc(CCOC(=O)NCC)c(Br)s3)c3nsnc23)sc1Br. The van der Waals surface area contributed by atoms with Crippen LogP contribution in [0.3, 0.4) is 0 Å². The zero-order valence-corrected chi connectivity index (χ0v) is 31.2. The maximum absolute atomic E-state index is 15.9. The van der Waals surface area contributed by atoms with Crippen molar-refractivity contribution >= 4 is 89.5 Å². The number of nitrogens with one attached hydrogen (secondary N) is 2. The molecule has 4 rings (SSSR count). The van der Waals surface area contributed by atoms with E-state index in [1.807, 2.05) is 0 Å². The fourth-order valence-corrected chi connectivity index (χ4v) is 9.00. The summed E-state index contributed by atoms with van der Waals surface area (Å²) in [6, 6.07) is 3.51. The van der Waals surface area contributed by atoms with Crippen LogP contribution in [0, 0.1) is 11.6 Å². The third-order valence-corrected chi connectivity index (χ3v) is 11.7. The van der Waals surface area contributed by atoms with Crippen molar-refractivity contribution < 1.29 is 27.8 Å². The topological polar surface area (TPSA) is 102 Å². The van der Waals surface area contributed by atoms with E-state index in [1.54, 1.807) is 19.1 Å². The summed E-state index contributed by atoms with van der Waals surface area (Å²) in [5.74, 6) is -2.02. The van der Waals surface area contributed by atoms with Gasteiger partial charge in [0, 0.05) is 35.7 Å². The van der Waals surface area contributed by atoms with Crippen molar-refractivity contribution in [3.05, 3.63) is 42.5 Å². The van der Waals surface area contributed by atoms with Crippen LogP contribution in [-0.2, 0) is 22.3 Å². The molecule has 0 saturated heterocycles. The third-order valence-electron chi connectivity index (χ3n) is 7.18. The molecule has 0 radical (unpaired) electrons. The quantitative estimate of drug-likeness (QED) is 0.103. The molecule has 2 N–H and O–H groups in total. The van der Waals surface area contributed by atoms with Crippen LogP contribution in [0.5, 0.6) is 0 Å². The van der Waals surface area contributed by atoms with Gasteiger partial charge in [-0.05, 0) is 68.5 Å². The zero-order chi connectivity index (χ0) is 33.1. The van der Waals surface area contributed by atoms with E-state index in [2.05, 4.69) is 58.2 Å². The van der Waals surface area contributed by atoms with Gasteiger partial charge in [-0.15, -0.1) is 22.7 Å². The molecule has 0 fully saturated rings. The van der Waals surface area contributed by atoms with E-state index in [-0.39, 0.29) is 35.4 Å². The van der Waals surface area contributed by atoms with Gasteiger partial charge in [0.2, 0.25) is 0 Å². The molecule has 2 amide bonds. The first-order valence-corrected chi connectivity index (χ1v) is 19.2. The number of thiophene rings is 2. The fraction of sp³-hybridized carbons (Fsp3) is 0.484. The monoisotopic (exact) mass is 820 g/mol. The number of benzene rings is 1. The van der Waals surface area contributed by atoms with Crippen molar-refractivity contribution in [2.24, 2.45) is 0 Å². The van der Waals surface area contributed by atoms with Gasteiger partial charge in [-0.2, -0.15) is 8.75 Å². The smallest absolute Gasteiger partial charge is 0.407 e. The van der Waals surface area contributed by atoms with E-state index in [0.717, 1.165) is 43.3 Å². The van der Waals surface area contributed by atoms with Crippen molar-refractivity contribution in [2.45, 2.75) is 71.6 Å². The summed E-state index contributed by atoms with van der Waals surface area (Å²) in [5, 5.41) is 5.35. The summed E-state index contributed by atoms with van der Waals surface area (Å²) in [5.41, 5.74) is 2.22. The molecule has 15 heteroatoms. The average molecular weight is 823 g/mol. The Hall–Kier alpha value is -2.20. The minimum atomic E-state index is -1.01. The normalized spacial score (nSPS) is 11.3. The molecule has 46 heavy (non-hydrogen) atoms. The predicted octanol–water partition coefficient (Wildman–Crippen LogP) is 10.3. The number of aromatic nitrogens is 2. The number of hydrogen-bond acceptors (Lipinski definition) is 9. The molecular weight excluding hydrogens is 786 g/mol. The van der Waals surface area contributed by atoms with Gasteiger partial charge in [-0.25, -0.2) is 18.4 Å². The second-order valence-electron chi connectivity index (χ2n) is 10.5. The molecule has 8 nitrogen and oxygen atoms in total. The minimum absolute atomic E-state index is 0.0401. The summed E-state index contributed by atoms with van der Waals surface area (Å²) in [7, 11) is 0. The highest BCUT2D eigenvalue weighted by Crippen LogP contribution is 2.46. The van der Waals surface area contributed by atoms with E-state index in [1.165, 1.54) is 54.8 Å². The van der Waals surface area contributed by atoms with Crippen molar-refractivity contribution in [1.29, 1.82) is 0 Å². The van der Waals surface area contributed by atoms with Gasteiger partial charge in [0.05, 0.1) is 43.6 Å². The largest absolute Gasteiger partial charge is 0.449 e. The Kier molecular flexibility index (Phi) is 14.6. The average Bonchev–Trinajstić information content (AvgIpc) is 3.74. The number of nitrogens with zero attached hydrogens (tertiary/aromatic N) is 2. The molecule has 0 aliphatic carbocycles. The van der Waals surface area contributed by atoms with Gasteiger partial charge in [-0.3, -0.25) is 0 Å². The summed E-state index contributed by atoms with van der Waals surface area (Å²) >= 11 is 10.4. The molecule has 1 aromatic carbocycles. The zero-order valence-electron chi connectivity index (χ0n) is 25.6. The van der Waals surface area contributed by atoms with E-state index in [9.17, 15) is 9.59 Å². The molecule has 0 bridgehead atoms. The number of hydrogen-bond donors (Lipinski definition) is 2. The Morgan fingerprint density at radius 1 is 0.761 bits per heavy atom. The molecule has 0 atom stereocenters. The lowest BCUT2D eigenvalue weighted by atomic mass is 10.0. The van der Waals surface area contributed by atoms with Gasteiger partial charge in [0.25, 0.3) is 0 Å².